The maximum atomic E-state index is 11.9. The Kier molecular flexibility index (Phi) is 4.45. The van der Waals surface area contributed by atoms with Gasteiger partial charge in [0.15, 0.2) is 11.5 Å². The Morgan fingerprint density at radius 1 is 1.30 bits per heavy atom. The van der Waals surface area contributed by atoms with Crippen LogP contribution in [0.15, 0.2) is 18.2 Å². The van der Waals surface area contributed by atoms with Crippen LogP contribution in [0.1, 0.15) is 12.8 Å². The number of anilines is 1. The number of hydrogen-bond acceptors (Lipinski definition) is 4. The minimum atomic E-state index is -0.215. The number of carbonyl (C=O) groups excluding carboxylic acids is 2. The van der Waals surface area contributed by atoms with Gasteiger partial charge in [-0.1, -0.05) is 0 Å². The SMILES string of the molecule is COc1ccc(NC(=O)CN2CCCC2=O)cc1OC. The summed E-state index contributed by atoms with van der Waals surface area (Å²) < 4.78 is 10.3. The van der Waals surface area contributed by atoms with Gasteiger partial charge in [0.2, 0.25) is 11.8 Å². The van der Waals surface area contributed by atoms with E-state index < -0.39 is 0 Å². The van der Waals surface area contributed by atoms with Gasteiger partial charge in [0.25, 0.3) is 0 Å². The van der Waals surface area contributed by atoms with Crippen molar-refractivity contribution in [3.05, 3.63) is 18.2 Å². The van der Waals surface area contributed by atoms with Gasteiger partial charge < -0.3 is 19.7 Å². The van der Waals surface area contributed by atoms with E-state index in [0.717, 1.165) is 6.42 Å². The number of amides is 2. The lowest BCUT2D eigenvalue weighted by Crippen LogP contribution is -2.33. The molecule has 1 saturated heterocycles. The number of rotatable bonds is 5. The number of nitrogens with zero attached hydrogens (tertiary/aromatic N) is 1. The summed E-state index contributed by atoms with van der Waals surface area (Å²) in [6.45, 7) is 0.741. The highest BCUT2D eigenvalue weighted by Gasteiger charge is 2.22. The molecule has 1 heterocycles. The Balaban J connectivity index is 1.98. The van der Waals surface area contributed by atoms with E-state index in [1.54, 1.807) is 30.2 Å². The summed E-state index contributed by atoms with van der Waals surface area (Å²) in [7, 11) is 3.08. The number of methoxy groups -OCH3 is 2. The fourth-order valence-electron chi connectivity index (χ4n) is 2.16. The molecule has 2 amide bonds. The maximum absolute atomic E-state index is 11.9. The van der Waals surface area contributed by atoms with Gasteiger partial charge in [-0.2, -0.15) is 0 Å². The monoisotopic (exact) mass is 278 g/mol. The summed E-state index contributed by atoms with van der Waals surface area (Å²) in [5, 5.41) is 2.75. The Bertz CT molecular complexity index is 516. The van der Waals surface area contributed by atoms with Gasteiger partial charge in [-0.3, -0.25) is 9.59 Å². The van der Waals surface area contributed by atoms with Gasteiger partial charge in [-0.15, -0.1) is 0 Å². The van der Waals surface area contributed by atoms with Gasteiger partial charge in [0.1, 0.15) is 0 Å². The van der Waals surface area contributed by atoms with E-state index in [1.807, 2.05) is 0 Å². The van der Waals surface area contributed by atoms with E-state index in [4.69, 9.17) is 9.47 Å². The Morgan fingerprint density at radius 2 is 2.05 bits per heavy atom. The molecule has 0 atom stereocenters. The van der Waals surface area contributed by atoms with E-state index in [-0.39, 0.29) is 18.4 Å². The molecule has 2 rings (SSSR count). The Hall–Kier alpha value is -2.24. The first kappa shape index (κ1) is 14.2. The number of likely N-dealkylation sites (tertiary alicyclic amines) is 1. The van der Waals surface area contributed by atoms with E-state index >= 15 is 0 Å². The maximum Gasteiger partial charge on any atom is 0.243 e. The zero-order valence-corrected chi connectivity index (χ0v) is 11.6. The summed E-state index contributed by atoms with van der Waals surface area (Å²) in [5.41, 5.74) is 0.610. The number of benzene rings is 1. The van der Waals surface area contributed by atoms with Crippen molar-refractivity contribution in [2.75, 3.05) is 32.6 Å². The molecule has 1 aromatic carbocycles. The van der Waals surface area contributed by atoms with Crippen LogP contribution in [0.4, 0.5) is 5.69 Å². The topological polar surface area (TPSA) is 67.9 Å². The number of hydrogen-bond donors (Lipinski definition) is 1. The molecule has 0 bridgehead atoms. The summed E-state index contributed by atoms with van der Waals surface area (Å²) in [5.74, 6) is 0.961. The smallest absolute Gasteiger partial charge is 0.243 e. The summed E-state index contributed by atoms with van der Waals surface area (Å²) in [4.78, 5) is 24.9. The molecule has 0 spiro atoms. The molecule has 1 aliphatic heterocycles. The Morgan fingerprint density at radius 3 is 2.65 bits per heavy atom. The molecule has 1 N–H and O–H groups in total. The fraction of sp³-hybridized carbons (Fsp3) is 0.429. The summed E-state index contributed by atoms with van der Waals surface area (Å²) in [6, 6.07) is 5.13. The van der Waals surface area contributed by atoms with Crippen LogP contribution >= 0.6 is 0 Å². The predicted molar refractivity (Wildman–Crippen MR) is 74.0 cm³/mol. The van der Waals surface area contributed by atoms with Gasteiger partial charge >= 0.3 is 0 Å². The third-order valence-corrected chi connectivity index (χ3v) is 3.17. The highest BCUT2D eigenvalue weighted by molar-refractivity contribution is 5.95. The molecular formula is C14H18N2O4. The van der Waals surface area contributed by atoms with Crippen molar-refractivity contribution in [2.24, 2.45) is 0 Å². The van der Waals surface area contributed by atoms with Crippen LogP contribution in [0.5, 0.6) is 11.5 Å². The van der Waals surface area contributed by atoms with Crippen molar-refractivity contribution < 1.29 is 19.1 Å². The number of carbonyl (C=O) groups is 2. The van der Waals surface area contributed by atoms with E-state index in [1.165, 1.54) is 7.11 Å². The molecule has 1 aromatic rings. The molecule has 6 heteroatoms. The second-order valence-electron chi connectivity index (χ2n) is 4.54. The van der Waals surface area contributed by atoms with Crippen LogP contribution in [-0.4, -0.2) is 44.0 Å². The molecule has 0 unspecified atom stereocenters. The molecule has 6 nitrogen and oxygen atoms in total. The molecule has 0 saturated carbocycles. The van der Waals surface area contributed by atoms with Crippen molar-refractivity contribution in [3.8, 4) is 11.5 Å². The molecule has 0 aliphatic carbocycles. The molecule has 20 heavy (non-hydrogen) atoms. The first-order valence-corrected chi connectivity index (χ1v) is 6.43. The molecule has 0 aromatic heterocycles. The van der Waals surface area contributed by atoms with Crippen LogP contribution in [0.3, 0.4) is 0 Å². The van der Waals surface area contributed by atoms with Gasteiger partial charge in [0.05, 0.1) is 20.8 Å². The summed E-state index contributed by atoms with van der Waals surface area (Å²) in [6.07, 6.45) is 1.35. The third kappa shape index (κ3) is 3.20. The molecular weight excluding hydrogens is 260 g/mol. The molecule has 1 aliphatic rings. The minimum Gasteiger partial charge on any atom is -0.493 e. The molecule has 1 fully saturated rings. The highest BCUT2D eigenvalue weighted by atomic mass is 16.5. The lowest BCUT2D eigenvalue weighted by atomic mass is 10.2. The number of nitrogens with one attached hydrogen (secondary N) is 1. The lowest BCUT2D eigenvalue weighted by molar-refractivity contribution is -0.131. The Labute approximate surface area is 117 Å². The predicted octanol–water partition coefficient (Wildman–Crippen LogP) is 1.26. The zero-order valence-electron chi connectivity index (χ0n) is 11.6. The average Bonchev–Trinajstić information content (AvgIpc) is 2.84. The van der Waals surface area contributed by atoms with Gasteiger partial charge in [0, 0.05) is 24.7 Å². The molecule has 0 radical (unpaired) electrons. The van der Waals surface area contributed by atoms with Crippen molar-refractivity contribution in [3.63, 3.8) is 0 Å². The standard InChI is InChI=1S/C14H18N2O4/c1-19-11-6-5-10(8-12(11)20-2)15-13(17)9-16-7-3-4-14(16)18/h5-6,8H,3-4,7,9H2,1-2H3,(H,15,17). The second-order valence-corrected chi connectivity index (χ2v) is 4.54. The zero-order chi connectivity index (χ0) is 14.5. The van der Waals surface area contributed by atoms with Gasteiger partial charge in [-0.25, -0.2) is 0 Å². The van der Waals surface area contributed by atoms with Crippen molar-refractivity contribution in [2.45, 2.75) is 12.8 Å². The van der Waals surface area contributed by atoms with Crippen LogP contribution < -0.4 is 14.8 Å². The van der Waals surface area contributed by atoms with Crippen LogP contribution in [0.25, 0.3) is 0 Å². The average molecular weight is 278 g/mol. The van der Waals surface area contributed by atoms with Crippen molar-refractivity contribution >= 4 is 17.5 Å². The first-order chi connectivity index (χ1) is 9.63. The third-order valence-electron chi connectivity index (χ3n) is 3.17. The summed E-state index contributed by atoms with van der Waals surface area (Å²) >= 11 is 0. The second kappa shape index (κ2) is 6.27. The van der Waals surface area contributed by atoms with E-state index in [0.29, 0.717) is 30.2 Å². The fourth-order valence-corrected chi connectivity index (χ4v) is 2.16. The van der Waals surface area contributed by atoms with Crippen LogP contribution in [0, 0.1) is 0 Å². The quantitative estimate of drug-likeness (QED) is 0.880. The lowest BCUT2D eigenvalue weighted by Gasteiger charge is -2.15. The first-order valence-electron chi connectivity index (χ1n) is 6.43. The van der Waals surface area contributed by atoms with Crippen LogP contribution in [-0.2, 0) is 9.59 Å². The molecule has 108 valence electrons. The van der Waals surface area contributed by atoms with Crippen molar-refractivity contribution in [1.29, 1.82) is 0 Å². The number of ether oxygens (including phenoxy) is 2. The normalized spacial score (nSPS) is 14.3. The highest BCUT2D eigenvalue weighted by Crippen LogP contribution is 2.29. The van der Waals surface area contributed by atoms with Crippen molar-refractivity contribution in [1.82, 2.24) is 4.90 Å². The van der Waals surface area contributed by atoms with Gasteiger partial charge in [-0.05, 0) is 18.6 Å². The largest absolute Gasteiger partial charge is 0.493 e. The minimum absolute atomic E-state index is 0.0347. The van der Waals surface area contributed by atoms with E-state index in [9.17, 15) is 9.59 Å². The van der Waals surface area contributed by atoms with E-state index in [2.05, 4.69) is 5.32 Å². The van der Waals surface area contributed by atoms with Crippen LogP contribution in [0.2, 0.25) is 0 Å².